The fraction of sp³-hybridized carbons (Fsp3) is 0.385. The summed E-state index contributed by atoms with van der Waals surface area (Å²) in [6, 6.07) is 8.95. The maximum Gasteiger partial charge on any atom is 0.333 e. The molecule has 4 nitrogen and oxygen atoms in total. The molecule has 0 radical (unpaired) electrons. The normalized spacial score (nSPS) is 12.8. The van der Waals surface area contributed by atoms with Crippen molar-refractivity contribution in [2.45, 2.75) is 25.4 Å². The van der Waals surface area contributed by atoms with E-state index in [1.807, 2.05) is 6.07 Å². The Hall–Kier alpha value is -1.86. The number of carboxylic acid groups (broad SMARTS) is 1. The van der Waals surface area contributed by atoms with Gasteiger partial charge in [0.25, 0.3) is 0 Å². The van der Waals surface area contributed by atoms with Gasteiger partial charge in [0.05, 0.1) is 11.6 Å². The van der Waals surface area contributed by atoms with E-state index in [2.05, 4.69) is 0 Å². The number of hydrogen-bond acceptors (Lipinski definition) is 3. The van der Waals surface area contributed by atoms with Crippen LogP contribution in [0.5, 0.6) is 0 Å². The van der Waals surface area contributed by atoms with Gasteiger partial charge in [-0.05, 0) is 17.7 Å². The molecule has 1 aromatic carbocycles. The van der Waals surface area contributed by atoms with E-state index in [4.69, 9.17) is 15.1 Å². The van der Waals surface area contributed by atoms with Gasteiger partial charge in [-0.15, -0.1) is 0 Å². The molecule has 17 heavy (non-hydrogen) atoms. The number of hydrogen-bond donors (Lipinski definition) is 1. The van der Waals surface area contributed by atoms with E-state index in [9.17, 15) is 4.79 Å². The number of nitriles is 1. The molecule has 0 bridgehead atoms. The van der Waals surface area contributed by atoms with Crippen LogP contribution < -0.4 is 0 Å². The Morgan fingerprint density at radius 3 is 2.65 bits per heavy atom. The Bertz CT molecular complexity index is 460. The van der Waals surface area contributed by atoms with Crippen molar-refractivity contribution in [1.82, 2.24) is 0 Å². The fourth-order valence-corrected chi connectivity index (χ4v) is 1.85. The third-order valence-corrected chi connectivity index (χ3v) is 2.85. The molecule has 0 spiro atoms. The number of nitrogens with zero attached hydrogens (tertiary/aromatic N) is 1. The van der Waals surface area contributed by atoms with Gasteiger partial charge in [0.1, 0.15) is 0 Å². The molecule has 0 aromatic heterocycles. The van der Waals surface area contributed by atoms with Crippen LogP contribution in [-0.2, 0) is 14.9 Å². The second-order valence-corrected chi connectivity index (χ2v) is 4.37. The van der Waals surface area contributed by atoms with E-state index >= 15 is 0 Å². The molecule has 1 N–H and O–H groups in total. The summed E-state index contributed by atoms with van der Waals surface area (Å²) in [5, 5.41) is 17.9. The molecule has 0 saturated carbocycles. The van der Waals surface area contributed by atoms with E-state index in [1.165, 1.54) is 7.11 Å². The largest absolute Gasteiger partial charge is 0.479 e. The summed E-state index contributed by atoms with van der Waals surface area (Å²) in [7, 11) is 1.37. The minimum atomic E-state index is -1.01. The number of carbonyl (C=O) groups is 1. The monoisotopic (exact) mass is 233 g/mol. The van der Waals surface area contributed by atoms with Crippen molar-refractivity contribution in [1.29, 1.82) is 5.26 Å². The lowest BCUT2D eigenvalue weighted by Crippen LogP contribution is -2.41. The van der Waals surface area contributed by atoms with Crippen LogP contribution in [0.25, 0.3) is 0 Å². The standard InChI is InChI=1S/C13H15NO3/c1-13(2,11(17-3)12(15)16)10-6-4-5-9(7-10)8-14/h4-7,11H,1-3H3,(H,15,16). The average Bonchev–Trinajstić information content (AvgIpc) is 2.29. The first-order valence-corrected chi connectivity index (χ1v) is 5.19. The maximum atomic E-state index is 11.1. The van der Waals surface area contributed by atoms with Crippen molar-refractivity contribution in [3.8, 4) is 6.07 Å². The summed E-state index contributed by atoms with van der Waals surface area (Å²) in [6.45, 7) is 3.57. The molecule has 0 aliphatic heterocycles. The van der Waals surface area contributed by atoms with Gasteiger partial charge in [0.2, 0.25) is 0 Å². The zero-order valence-electron chi connectivity index (χ0n) is 10.1. The lowest BCUT2D eigenvalue weighted by atomic mass is 9.78. The van der Waals surface area contributed by atoms with Crippen LogP contribution in [-0.4, -0.2) is 24.3 Å². The smallest absolute Gasteiger partial charge is 0.333 e. The molecule has 1 unspecified atom stereocenters. The van der Waals surface area contributed by atoms with Gasteiger partial charge in [-0.1, -0.05) is 26.0 Å². The third kappa shape index (κ3) is 2.63. The van der Waals surface area contributed by atoms with E-state index in [0.717, 1.165) is 5.56 Å². The quantitative estimate of drug-likeness (QED) is 0.862. The maximum absolute atomic E-state index is 11.1. The second-order valence-electron chi connectivity index (χ2n) is 4.37. The molecule has 1 aromatic rings. The van der Waals surface area contributed by atoms with Gasteiger partial charge in [0.15, 0.2) is 6.10 Å². The lowest BCUT2D eigenvalue weighted by molar-refractivity contribution is -0.152. The van der Waals surface area contributed by atoms with Crippen molar-refractivity contribution in [3.05, 3.63) is 35.4 Å². The van der Waals surface area contributed by atoms with Crippen molar-refractivity contribution in [2.24, 2.45) is 0 Å². The molecule has 0 heterocycles. The van der Waals surface area contributed by atoms with Gasteiger partial charge >= 0.3 is 5.97 Å². The van der Waals surface area contributed by atoms with Crippen LogP contribution in [0.1, 0.15) is 25.0 Å². The number of rotatable bonds is 4. The number of carboxylic acids is 1. The van der Waals surface area contributed by atoms with Crippen LogP contribution in [0.2, 0.25) is 0 Å². The van der Waals surface area contributed by atoms with E-state index < -0.39 is 17.5 Å². The van der Waals surface area contributed by atoms with Gasteiger partial charge < -0.3 is 9.84 Å². The summed E-state index contributed by atoms with van der Waals surface area (Å²) >= 11 is 0. The zero-order valence-corrected chi connectivity index (χ0v) is 10.1. The summed E-state index contributed by atoms with van der Waals surface area (Å²) in [5.74, 6) is -1.01. The Morgan fingerprint density at radius 1 is 1.53 bits per heavy atom. The van der Waals surface area contributed by atoms with Crippen LogP contribution in [0.4, 0.5) is 0 Å². The Morgan fingerprint density at radius 2 is 2.18 bits per heavy atom. The van der Waals surface area contributed by atoms with Gasteiger partial charge in [-0.3, -0.25) is 0 Å². The van der Waals surface area contributed by atoms with Crippen molar-refractivity contribution in [2.75, 3.05) is 7.11 Å². The molecule has 0 aliphatic rings. The fourth-order valence-electron chi connectivity index (χ4n) is 1.85. The van der Waals surface area contributed by atoms with Crippen molar-refractivity contribution < 1.29 is 14.6 Å². The predicted octanol–water partition coefficient (Wildman–Crippen LogP) is 1.94. The van der Waals surface area contributed by atoms with Gasteiger partial charge in [0, 0.05) is 12.5 Å². The summed E-state index contributed by atoms with van der Waals surface area (Å²) in [6.07, 6.45) is -0.948. The highest BCUT2D eigenvalue weighted by atomic mass is 16.5. The highest BCUT2D eigenvalue weighted by Crippen LogP contribution is 2.29. The summed E-state index contributed by atoms with van der Waals surface area (Å²) in [5.41, 5.74) is 0.578. The molecule has 0 amide bonds. The first kappa shape index (κ1) is 13.2. The molecule has 4 heteroatoms. The number of aliphatic carboxylic acids is 1. The number of methoxy groups -OCH3 is 1. The highest BCUT2D eigenvalue weighted by molar-refractivity contribution is 5.74. The minimum absolute atomic E-state index is 0.510. The van der Waals surface area contributed by atoms with Crippen LogP contribution >= 0.6 is 0 Å². The molecule has 1 atom stereocenters. The molecule has 90 valence electrons. The van der Waals surface area contributed by atoms with E-state index in [-0.39, 0.29) is 0 Å². The highest BCUT2D eigenvalue weighted by Gasteiger charge is 2.37. The first-order valence-electron chi connectivity index (χ1n) is 5.19. The van der Waals surface area contributed by atoms with Crippen LogP contribution in [0, 0.1) is 11.3 Å². The Balaban J connectivity index is 3.20. The summed E-state index contributed by atoms with van der Waals surface area (Å²) < 4.78 is 5.02. The lowest BCUT2D eigenvalue weighted by Gasteiger charge is -2.30. The minimum Gasteiger partial charge on any atom is -0.479 e. The summed E-state index contributed by atoms with van der Waals surface area (Å²) in [4.78, 5) is 11.1. The predicted molar refractivity (Wildman–Crippen MR) is 62.6 cm³/mol. The van der Waals surface area contributed by atoms with Crippen LogP contribution in [0.3, 0.4) is 0 Å². The van der Waals surface area contributed by atoms with E-state index in [0.29, 0.717) is 5.56 Å². The van der Waals surface area contributed by atoms with Crippen molar-refractivity contribution in [3.63, 3.8) is 0 Å². The van der Waals surface area contributed by atoms with Crippen molar-refractivity contribution >= 4 is 5.97 Å². The molecular weight excluding hydrogens is 218 g/mol. The molecule has 0 saturated heterocycles. The zero-order chi connectivity index (χ0) is 13.1. The Labute approximate surface area is 100 Å². The molecular formula is C13H15NO3. The van der Waals surface area contributed by atoms with Crippen LogP contribution in [0.15, 0.2) is 24.3 Å². The molecule has 1 rings (SSSR count). The van der Waals surface area contributed by atoms with Gasteiger partial charge in [-0.25, -0.2) is 4.79 Å². The third-order valence-electron chi connectivity index (χ3n) is 2.85. The molecule has 0 fully saturated rings. The SMILES string of the molecule is COC(C(=O)O)C(C)(C)c1cccc(C#N)c1. The van der Waals surface area contributed by atoms with E-state index in [1.54, 1.807) is 38.1 Å². The molecule has 0 aliphatic carbocycles. The topological polar surface area (TPSA) is 70.3 Å². The second kappa shape index (κ2) is 4.98. The van der Waals surface area contributed by atoms with Gasteiger partial charge in [-0.2, -0.15) is 5.26 Å². The number of benzene rings is 1. The number of ether oxygens (including phenoxy) is 1. The average molecular weight is 233 g/mol. The Kier molecular flexibility index (Phi) is 3.87. The first-order chi connectivity index (χ1) is 7.93.